The first kappa shape index (κ1) is 11.7. The third kappa shape index (κ3) is 1.49. The van der Waals surface area contributed by atoms with E-state index in [1.165, 1.54) is 24.3 Å². The summed E-state index contributed by atoms with van der Waals surface area (Å²) in [6.45, 7) is 0. The summed E-state index contributed by atoms with van der Waals surface area (Å²) in [5.74, 6) is -1.03. The maximum absolute atomic E-state index is 14.4. The lowest BCUT2D eigenvalue weighted by atomic mass is 10.0. The highest BCUT2D eigenvalue weighted by atomic mass is 35.5. The molecule has 3 aromatic carbocycles. The molecule has 0 saturated heterocycles. The van der Waals surface area contributed by atoms with Crippen molar-refractivity contribution >= 4 is 44.7 Å². The molecule has 3 rings (SSSR count). The summed E-state index contributed by atoms with van der Waals surface area (Å²) in [6.07, 6.45) is 0. The van der Waals surface area contributed by atoms with E-state index in [-0.39, 0.29) is 31.6 Å². The van der Waals surface area contributed by atoms with Gasteiger partial charge in [0.15, 0.2) is 0 Å². The molecular formula is C14H6Cl2F2. The Hall–Kier alpha value is -1.38. The van der Waals surface area contributed by atoms with Crippen molar-refractivity contribution in [2.45, 2.75) is 0 Å². The van der Waals surface area contributed by atoms with Crippen LogP contribution in [0.1, 0.15) is 0 Å². The van der Waals surface area contributed by atoms with E-state index in [4.69, 9.17) is 23.2 Å². The molecule has 0 nitrogen and oxygen atoms in total. The number of hydrogen-bond acceptors (Lipinski definition) is 0. The van der Waals surface area contributed by atoms with Gasteiger partial charge in [0, 0.05) is 21.5 Å². The van der Waals surface area contributed by atoms with Gasteiger partial charge in [-0.3, -0.25) is 0 Å². The Bertz CT molecular complexity index is 782. The van der Waals surface area contributed by atoms with Crippen LogP contribution in [-0.2, 0) is 0 Å². The molecule has 0 atom stereocenters. The summed E-state index contributed by atoms with van der Waals surface area (Å²) < 4.78 is 28.7. The maximum atomic E-state index is 14.4. The zero-order chi connectivity index (χ0) is 12.9. The van der Waals surface area contributed by atoms with Crippen LogP contribution >= 0.6 is 23.2 Å². The number of benzene rings is 3. The predicted octanol–water partition coefficient (Wildman–Crippen LogP) is 5.58. The van der Waals surface area contributed by atoms with Crippen molar-refractivity contribution in [2.24, 2.45) is 0 Å². The highest BCUT2D eigenvalue weighted by molar-refractivity contribution is 6.45. The quantitative estimate of drug-likeness (QED) is 0.472. The molecule has 0 aliphatic carbocycles. The van der Waals surface area contributed by atoms with Crippen LogP contribution in [0.15, 0.2) is 36.4 Å². The second-order valence-corrected chi connectivity index (χ2v) is 4.74. The molecule has 3 aromatic rings. The number of halogens is 4. The van der Waals surface area contributed by atoms with Crippen LogP contribution in [-0.4, -0.2) is 0 Å². The molecule has 0 amide bonds. The van der Waals surface area contributed by atoms with E-state index in [1.54, 1.807) is 12.1 Å². The van der Waals surface area contributed by atoms with Crippen LogP contribution < -0.4 is 0 Å². The summed E-state index contributed by atoms with van der Waals surface area (Å²) in [5, 5.41) is 0.850. The molecule has 18 heavy (non-hydrogen) atoms. The summed E-state index contributed by atoms with van der Waals surface area (Å²) in [5.41, 5.74) is 0. The zero-order valence-electron chi connectivity index (χ0n) is 8.98. The van der Waals surface area contributed by atoms with Crippen molar-refractivity contribution in [2.75, 3.05) is 0 Å². The molecule has 0 aromatic heterocycles. The van der Waals surface area contributed by atoms with Gasteiger partial charge in [0.2, 0.25) is 0 Å². The largest absolute Gasteiger partial charge is 0.206 e. The lowest BCUT2D eigenvalue weighted by Crippen LogP contribution is -1.90. The fourth-order valence-corrected chi connectivity index (χ4v) is 2.50. The van der Waals surface area contributed by atoms with Crippen LogP contribution in [0.5, 0.6) is 0 Å². The van der Waals surface area contributed by atoms with Gasteiger partial charge >= 0.3 is 0 Å². The number of hydrogen-bond donors (Lipinski definition) is 0. The first-order valence-corrected chi connectivity index (χ1v) is 6.00. The first-order valence-electron chi connectivity index (χ1n) is 5.24. The van der Waals surface area contributed by atoms with Gasteiger partial charge in [-0.15, -0.1) is 0 Å². The van der Waals surface area contributed by atoms with Gasteiger partial charge in [0.05, 0.1) is 10.0 Å². The van der Waals surface area contributed by atoms with Gasteiger partial charge in [-0.1, -0.05) is 47.5 Å². The highest BCUT2D eigenvalue weighted by Gasteiger charge is 2.17. The minimum Gasteiger partial charge on any atom is -0.206 e. The van der Waals surface area contributed by atoms with Crippen molar-refractivity contribution in [1.29, 1.82) is 0 Å². The molecule has 0 unspecified atom stereocenters. The normalized spacial score (nSPS) is 11.3. The molecule has 0 aliphatic heterocycles. The maximum Gasteiger partial charge on any atom is 0.140 e. The average Bonchev–Trinajstić information content (AvgIpc) is 2.39. The highest BCUT2D eigenvalue weighted by Crippen LogP contribution is 2.37. The lowest BCUT2D eigenvalue weighted by Gasteiger charge is -2.09. The van der Waals surface area contributed by atoms with Crippen molar-refractivity contribution in [3.63, 3.8) is 0 Å². The van der Waals surface area contributed by atoms with Crippen LogP contribution in [0, 0.1) is 11.6 Å². The Morgan fingerprint density at radius 2 is 1.33 bits per heavy atom. The first-order chi connectivity index (χ1) is 8.61. The smallest absolute Gasteiger partial charge is 0.140 e. The average molecular weight is 283 g/mol. The molecular weight excluding hydrogens is 277 g/mol. The Labute approximate surface area is 112 Å². The van der Waals surface area contributed by atoms with Gasteiger partial charge in [-0.2, -0.15) is 0 Å². The lowest BCUT2D eigenvalue weighted by molar-refractivity contribution is 0.635. The number of fused-ring (bicyclic) bond motifs is 2. The molecule has 4 heteroatoms. The second kappa shape index (κ2) is 4.08. The molecule has 0 spiro atoms. The molecule has 0 N–H and O–H groups in total. The molecule has 0 aliphatic rings. The van der Waals surface area contributed by atoms with E-state index in [1.807, 2.05) is 0 Å². The molecule has 90 valence electrons. The van der Waals surface area contributed by atoms with Crippen LogP contribution in [0.4, 0.5) is 8.78 Å². The minimum atomic E-state index is -0.547. The SMILES string of the molecule is Fc1c2ccccc2c(F)c2c(Cl)c(Cl)ccc12. The monoisotopic (exact) mass is 282 g/mol. The summed E-state index contributed by atoms with van der Waals surface area (Å²) >= 11 is 11.8. The van der Waals surface area contributed by atoms with E-state index in [0.29, 0.717) is 0 Å². The zero-order valence-corrected chi connectivity index (χ0v) is 10.5. The van der Waals surface area contributed by atoms with Gasteiger partial charge in [-0.25, -0.2) is 8.78 Å². The summed E-state index contributed by atoms with van der Waals surface area (Å²) in [6, 6.07) is 9.27. The van der Waals surface area contributed by atoms with E-state index < -0.39 is 11.6 Å². The summed E-state index contributed by atoms with van der Waals surface area (Å²) in [7, 11) is 0. The van der Waals surface area contributed by atoms with Crippen LogP contribution in [0.25, 0.3) is 21.5 Å². The summed E-state index contributed by atoms with van der Waals surface area (Å²) in [4.78, 5) is 0. The van der Waals surface area contributed by atoms with Gasteiger partial charge in [0.1, 0.15) is 11.6 Å². The van der Waals surface area contributed by atoms with Crippen molar-refractivity contribution < 1.29 is 8.78 Å². The third-order valence-electron chi connectivity index (χ3n) is 2.95. The second-order valence-electron chi connectivity index (χ2n) is 3.96. The molecule has 0 saturated carbocycles. The van der Waals surface area contributed by atoms with Gasteiger partial charge in [0.25, 0.3) is 0 Å². The van der Waals surface area contributed by atoms with E-state index >= 15 is 0 Å². The molecule has 0 fully saturated rings. The Morgan fingerprint density at radius 3 is 2.00 bits per heavy atom. The Morgan fingerprint density at radius 1 is 0.722 bits per heavy atom. The third-order valence-corrected chi connectivity index (χ3v) is 3.76. The fraction of sp³-hybridized carbons (Fsp3) is 0. The van der Waals surface area contributed by atoms with Crippen molar-refractivity contribution in [1.82, 2.24) is 0 Å². The minimum absolute atomic E-state index is 0.0281. The van der Waals surface area contributed by atoms with E-state index in [0.717, 1.165) is 0 Å². The molecule has 0 radical (unpaired) electrons. The van der Waals surface area contributed by atoms with Gasteiger partial charge < -0.3 is 0 Å². The molecule has 0 bridgehead atoms. The Balaban J connectivity index is 2.67. The fourth-order valence-electron chi connectivity index (χ4n) is 2.09. The van der Waals surface area contributed by atoms with Crippen LogP contribution in [0.2, 0.25) is 10.0 Å². The van der Waals surface area contributed by atoms with Crippen molar-refractivity contribution in [3.8, 4) is 0 Å². The standard InChI is InChI=1S/C14H6Cl2F2/c15-10-6-5-9-11(12(10)16)14(18)8-4-2-1-3-7(8)13(9)17/h1-6H. The predicted molar refractivity (Wildman–Crippen MR) is 71.4 cm³/mol. The van der Waals surface area contributed by atoms with E-state index in [9.17, 15) is 8.78 Å². The van der Waals surface area contributed by atoms with E-state index in [2.05, 4.69) is 0 Å². The number of rotatable bonds is 0. The van der Waals surface area contributed by atoms with Gasteiger partial charge in [-0.05, 0) is 12.1 Å². The Kier molecular flexibility index (Phi) is 2.65. The topological polar surface area (TPSA) is 0 Å². The van der Waals surface area contributed by atoms with Crippen molar-refractivity contribution in [3.05, 3.63) is 58.1 Å². The van der Waals surface area contributed by atoms with Crippen LogP contribution in [0.3, 0.4) is 0 Å². The molecule has 0 heterocycles.